The largest absolute Gasteiger partial charge is 0.467 e. The predicted molar refractivity (Wildman–Crippen MR) is 70.4 cm³/mol. The zero-order valence-electron chi connectivity index (χ0n) is 10.8. The highest BCUT2D eigenvalue weighted by Crippen LogP contribution is 2.12. The molecule has 0 spiro atoms. The molecule has 2 heterocycles. The molecular formula is C12H18N2O4S. The Kier molecular flexibility index (Phi) is 4.14. The Balaban J connectivity index is 1.90. The lowest BCUT2D eigenvalue weighted by molar-refractivity contribution is 0.190. The van der Waals surface area contributed by atoms with Crippen LogP contribution in [0.1, 0.15) is 19.1 Å². The number of nitrogens with zero attached hydrogens (tertiary/aromatic N) is 1. The third kappa shape index (κ3) is 3.73. The molecule has 2 rings (SSSR count). The van der Waals surface area contributed by atoms with E-state index in [2.05, 4.69) is 5.32 Å². The van der Waals surface area contributed by atoms with Crippen molar-refractivity contribution in [2.24, 2.45) is 0 Å². The minimum absolute atomic E-state index is 0.0387. The zero-order valence-corrected chi connectivity index (χ0v) is 11.6. The summed E-state index contributed by atoms with van der Waals surface area (Å²) < 4.78 is 27.9. The Morgan fingerprint density at radius 1 is 1.58 bits per heavy atom. The topological polar surface area (TPSA) is 79.6 Å². The predicted octanol–water partition coefficient (Wildman–Crippen LogP) is 0.998. The van der Waals surface area contributed by atoms with Gasteiger partial charge < -0.3 is 14.6 Å². The maximum absolute atomic E-state index is 12.0. The highest BCUT2D eigenvalue weighted by molar-refractivity contribution is 7.91. The number of hydrogen-bond acceptors (Lipinski definition) is 4. The second-order valence-electron chi connectivity index (χ2n) is 4.64. The molecule has 1 N–H and O–H groups in total. The molecule has 1 aromatic heterocycles. The van der Waals surface area contributed by atoms with Crippen LogP contribution in [0.15, 0.2) is 22.8 Å². The third-order valence-electron chi connectivity index (χ3n) is 3.16. The minimum atomic E-state index is -2.98. The van der Waals surface area contributed by atoms with Crippen molar-refractivity contribution in [3.63, 3.8) is 0 Å². The number of carbonyl (C=O) groups excluding carboxylic acids is 1. The van der Waals surface area contributed by atoms with Gasteiger partial charge in [0.25, 0.3) is 0 Å². The highest BCUT2D eigenvalue weighted by Gasteiger charge is 2.29. The van der Waals surface area contributed by atoms with Crippen LogP contribution < -0.4 is 5.32 Å². The molecule has 1 fully saturated rings. The normalized spacial score (nSPS) is 21.2. The van der Waals surface area contributed by atoms with Gasteiger partial charge in [-0.25, -0.2) is 13.2 Å². The summed E-state index contributed by atoms with van der Waals surface area (Å²) in [6.07, 6.45) is 2.05. The highest BCUT2D eigenvalue weighted by atomic mass is 32.2. The van der Waals surface area contributed by atoms with E-state index in [1.807, 2.05) is 6.92 Å². The van der Waals surface area contributed by atoms with Crippen LogP contribution in [-0.4, -0.2) is 43.4 Å². The maximum Gasteiger partial charge on any atom is 0.318 e. The van der Waals surface area contributed by atoms with Gasteiger partial charge in [0.1, 0.15) is 5.76 Å². The Morgan fingerprint density at radius 2 is 2.37 bits per heavy atom. The standard InChI is InChI=1S/C12H18N2O4S/c1-2-14(8-11-4-3-6-18-11)12(15)13-10-5-7-19(16,17)9-10/h3-4,6,10H,2,5,7-9H2,1H3,(H,13,15)/t10-/m0/s1. The molecule has 1 aliphatic rings. The van der Waals surface area contributed by atoms with E-state index in [-0.39, 0.29) is 23.6 Å². The first-order valence-electron chi connectivity index (χ1n) is 6.28. The lowest BCUT2D eigenvalue weighted by Gasteiger charge is -2.22. The van der Waals surface area contributed by atoms with Crippen molar-refractivity contribution in [2.45, 2.75) is 25.9 Å². The second kappa shape index (κ2) is 5.64. The van der Waals surface area contributed by atoms with Crippen molar-refractivity contribution in [1.82, 2.24) is 10.2 Å². The molecule has 0 bridgehead atoms. The van der Waals surface area contributed by atoms with Crippen molar-refractivity contribution in [2.75, 3.05) is 18.1 Å². The quantitative estimate of drug-likeness (QED) is 0.895. The van der Waals surface area contributed by atoms with Crippen LogP contribution in [0, 0.1) is 0 Å². The molecule has 1 atom stereocenters. The molecule has 1 aliphatic heterocycles. The van der Waals surface area contributed by atoms with E-state index in [9.17, 15) is 13.2 Å². The summed E-state index contributed by atoms with van der Waals surface area (Å²) in [4.78, 5) is 13.6. The molecule has 0 aliphatic carbocycles. The fourth-order valence-electron chi connectivity index (χ4n) is 2.09. The van der Waals surface area contributed by atoms with E-state index in [0.717, 1.165) is 0 Å². The Morgan fingerprint density at radius 3 is 2.89 bits per heavy atom. The smallest absolute Gasteiger partial charge is 0.318 e. The van der Waals surface area contributed by atoms with Crippen molar-refractivity contribution in [3.8, 4) is 0 Å². The molecule has 1 aromatic rings. The summed E-state index contributed by atoms with van der Waals surface area (Å²) in [5, 5.41) is 2.76. The number of rotatable bonds is 4. The number of sulfone groups is 1. The summed E-state index contributed by atoms with van der Waals surface area (Å²) >= 11 is 0. The fourth-order valence-corrected chi connectivity index (χ4v) is 3.77. The van der Waals surface area contributed by atoms with Crippen molar-refractivity contribution >= 4 is 15.9 Å². The summed E-state index contributed by atoms with van der Waals surface area (Å²) in [6, 6.07) is 3.05. The van der Waals surface area contributed by atoms with Crippen molar-refractivity contribution in [3.05, 3.63) is 24.2 Å². The van der Waals surface area contributed by atoms with E-state index in [4.69, 9.17) is 4.42 Å². The van der Waals surface area contributed by atoms with Crippen LogP contribution in [0.4, 0.5) is 4.79 Å². The molecule has 2 amide bonds. The average Bonchev–Trinajstić information content (AvgIpc) is 2.95. The lowest BCUT2D eigenvalue weighted by Crippen LogP contribution is -2.44. The number of amides is 2. The van der Waals surface area contributed by atoms with E-state index >= 15 is 0 Å². The minimum Gasteiger partial charge on any atom is -0.467 e. The summed E-state index contributed by atoms with van der Waals surface area (Å²) in [5.41, 5.74) is 0. The maximum atomic E-state index is 12.0. The molecule has 0 aromatic carbocycles. The monoisotopic (exact) mass is 286 g/mol. The summed E-state index contributed by atoms with van der Waals surface area (Å²) in [7, 11) is -2.98. The van der Waals surface area contributed by atoms with Crippen molar-refractivity contribution in [1.29, 1.82) is 0 Å². The van der Waals surface area contributed by atoms with E-state index in [1.165, 1.54) is 0 Å². The fraction of sp³-hybridized carbons (Fsp3) is 0.583. The second-order valence-corrected chi connectivity index (χ2v) is 6.87. The lowest BCUT2D eigenvalue weighted by atomic mass is 10.3. The first-order valence-corrected chi connectivity index (χ1v) is 8.10. The molecule has 19 heavy (non-hydrogen) atoms. The molecule has 1 saturated heterocycles. The first kappa shape index (κ1) is 13.9. The Hall–Kier alpha value is -1.50. The van der Waals surface area contributed by atoms with Gasteiger partial charge in [-0.1, -0.05) is 0 Å². The number of carbonyl (C=O) groups is 1. The molecular weight excluding hydrogens is 268 g/mol. The van der Waals surface area contributed by atoms with Crippen LogP contribution in [0.2, 0.25) is 0 Å². The number of nitrogens with one attached hydrogen (secondary N) is 1. The summed E-state index contributed by atoms with van der Waals surface area (Å²) in [5.74, 6) is 0.898. The Labute approximate surface area is 112 Å². The van der Waals surface area contributed by atoms with Gasteiger partial charge in [0.05, 0.1) is 24.3 Å². The molecule has 6 nitrogen and oxygen atoms in total. The number of urea groups is 1. The van der Waals surface area contributed by atoms with Gasteiger partial charge in [0, 0.05) is 12.6 Å². The molecule has 0 saturated carbocycles. The van der Waals surface area contributed by atoms with Gasteiger partial charge in [-0.15, -0.1) is 0 Å². The van der Waals surface area contributed by atoms with Gasteiger partial charge >= 0.3 is 6.03 Å². The SMILES string of the molecule is CCN(Cc1ccco1)C(=O)N[C@H]1CCS(=O)(=O)C1. The van der Waals surface area contributed by atoms with Crippen molar-refractivity contribution < 1.29 is 17.6 Å². The van der Waals surface area contributed by atoms with Gasteiger partial charge in [-0.05, 0) is 25.5 Å². The van der Waals surface area contributed by atoms with Crippen LogP contribution in [0.25, 0.3) is 0 Å². The molecule has 106 valence electrons. The Bertz CT molecular complexity index is 524. The summed E-state index contributed by atoms with van der Waals surface area (Å²) in [6.45, 7) is 2.79. The van der Waals surface area contributed by atoms with Gasteiger partial charge in [-0.3, -0.25) is 0 Å². The van der Waals surface area contributed by atoms with Crippen LogP contribution in [-0.2, 0) is 16.4 Å². The van der Waals surface area contributed by atoms with Crippen LogP contribution in [0.3, 0.4) is 0 Å². The van der Waals surface area contributed by atoms with Gasteiger partial charge in [0.2, 0.25) is 0 Å². The number of furan rings is 1. The van der Waals surface area contributed by atoms with Crippen LogP contribution in [0.5, 0.6) is 0 Å². The third-order valence-corrected chi connectivity index (χ3v) is 4.92. The van der Waals surface area contributed by atoms with Gasteiger partial charge in [0.15, 0.2) is 9.84 Å². The average molecular weight is 286 g/mol. The van der Waals surface area contributed by atoms with E-state index in [1.54, 1.807) is 23.3 Å². The van der Waals surface area contributed by atoms with E-state index < -0.39 is 9.84 Å². The molecule has 0 radical (unpaired) electrons. The van der Waals surface area contributed by atoms with Gasteiger partial charge in [-0.2, -0.15) is 0 Å². The molecule has 7 heteroatoms. The van der Waals surface area contributed by atoms with Crippen LogP contribution >= 0.6 is 0 Å². The zero-order chi connectivity index (χ0) is 13.9. The molecule has 0 unspecified atom stereocenters. The first-order chi connectivity index (χ1) is 9.00. The van der Waals surface area contributed by atoms with E-state index in [0.29, 0.717) is 25.3 Å². The number of hydrogen-bond donors (Lipinski definition) is 1.